The standard InChI is InChI=1S/C15H21BrO3/c1-15(2)6-5-9-10(16)7-12(18-3)14(19-4)13(9)11(17)8-15/h7,11,17H,5-6,8H2,1-4H3. The summed E-state index contributed by atoms with van der Waals surface area (Å²) in [5, 5.41) is 10.6. The first-order chi connectivity index (χ1) is 8.89. The third-order valence-electron chi connectivity index (χ3n) is 3.89. The molecule has 0 fully saturated rings. The van der Waals surface area contributed by atoms with E-state index < -0.39 is 6.10 Å². The first-order valence-electron chi connectivity index (χ1n) is 6.51. The Morgan fingerprint density at radius 2 is 2.00 bits per heavy atom. The number of ether oxygens (including phenoxy) is 2. The van der Waals surface area contributed by atoms with Crippen molar-refractivity contribution in [2.75, 3.05) is 14.2 Å². The number of hydrogen-bond acceptors (Lipinski definition) is 3. The van der Waals surface area contributed by atoms with Gasteiger partial charge in [0.15, 0.2) is 11.5 Å². The Kier molecular flexibility index (Phi) is 4.11. The molecule has 2 rings (SSSR count). The number of methoxy groups -OCH3 is 2. The Balaban J connectivity index is 2.62. The molecule has 0 aromatic heterocycles. The van der Waals surface area contributed by atoms with Gasteiger partial charge in [-0.3, -0.25) is 0 Å². The Labute approximate surface area is 123 Å². The van der Waals surface area contributed by atoms with E-state index in [1.54, 1.807) is 14.2 Å². The van der Waals surface area contributed by atoms with Gasteiger partial charge in [-0.25, -0.2) is 0 Å². The van der Waals surface area contributed by atoms with Crippen LogP contribution in [-0.2, 0) is 6.42 Å². The van der Waals surface area contributed by atoms with E-state index >= 15 is 0 Å². The van der Waals surface area contributed by atoms with Crippen molar-refractivity contribution >= 4 is 15.9 Å². The van der Waals surface area contributed by atoms with Gasteiger partial charge < -0.3 is 14.6 Å². The van der Waals surface area contributed by atoms with E-state index in [-0.39, 0.29) is 5.41 Å². The molecule has 1 aliphatic rings. The van der Waals surface area contributed by atoms with Crippen molar-refractivity contribution < 1.29 is 14.6 Å². The van der Waals surface area contributed by atoms with E-state index in [4.69, 9.17) is 9.47 Å². The van der Waals surface area contributed by atoms with Crippen molar-refractivity contribution in [3.8, 4) is 11.5 Å². The number of halogens is 1. The van der Waals surface area contributed by atoms with E-state index in [9.17, 15) is 5.11 Å². The molecule has 0 heterocycles. The maximum Gasteiger partial charge on any atom is 0.166 e. The zero-order valence-electron chi connectivity index (χ0n) is 11.9. The van der Waals surface area contributed by atoms with Crippen LogP contribution in [0.25, 0.3) is 0 Å². The summed E-state index contributed by atoms with van der Waals surface area (Å²) in [4.78, 5) is 0. The number of aliphatic hydroxyl groups excluding tert-OH is 1. The van der Waals surface area contributed by atoms with Crippen LogP contribution < -0.4 is 9.47 Å². The summed E-state index contributed by atoms with van der Waals surface area (Å²) in [5.41, 5.74) is 2.13. The van der Waals surface area contributed by atoms with Gasteiger partial charge in [-0.2, -0.15) is 0 Å². The van der Waals surface area contributed by atoms with Crippen LogP contribution >= 0.6 is 15.9 Å². The van der Waals surface area contributed by atoms with Gasteiger partial charge in [0.2, 0.25) is 0 Å². The summed E-state index contributed by atoms with van der Waals surface area (Å²) >= 11 is 3.59. The van der Waals surface area contributed by atoms with E-state index in [1.807, 2.05) is 6.07 Å². The molecule has 0 saturated carbocycles. The van der Waals surface area contributed by atoms with E-state index in [2.05, 4.69) is 29.8 Å². The summed E-state index contributed by atoms with van der Waals surface area (Å²) in [6, 6.07) is 1.92. The largest absolute Gasteiger partial charge is 0.493 e. The Bertz CT molecular complexity index is 483. The van der Waals surface area contributed by atoms with Crippen LogP contribution in [0.1, 0.15) is 43.9 Å². The molecule has 1 aliphatic carbocycles. The second kappa shape index (κ2) is 5.33. The predicted molar refractivity (Wildman–Crippen MR) is 78.9 cm³/mol. The number of rotatable bonds is 2. The quantitative estimate of drug-likeness (QED) is 0.838. The molecule has 4 heteroatoms. The zero-order valence-corrected chi connectivity index (χ0v) is 13.5. The molecule has 1 atom stereocenters. The molecule has 0 saturated heterocycles. The van der Waals surface area contributed by atoms with E-state index in [0.717, 1.165) is 34.9 Å². The average molecular weight is 329 g/mol. The van der Waals surface area contributed by atoms with Crippen LogP contribution in [0, 0.1) is 5.41 Å². The lowest BCUT2D eigenvalue weighted by Gasteiger charge is -2.24. The zero-order chi connectivity index (χ0) is 14.2. The van der Waals surface area contributed by atoms with Crippen molar-refractivity contribution in [3.05, 3.63) is 21.7 Å². The van der Waals surface area contributed by atoms with Gasteiger partial charge in [0.1, 0.15) is 0 Å². The molecule has 19 heavy (non-hydrogen) atoms. The fourth-order valence-corrected chi connectivity index (χ4v) is 3.45. The molecule has 0 radical (unpaired) electrons. The fraction of sp³-hybridized carbons (Fsp3) is 0.600. The molecule has 0 spiro atoms. The lowest BCUT2D eigenvalue weighted by Crippen LogP contribution is -2.14. The first-order valence-corrected chi connectivity index (χ1v) is 7.30. The lowest BCUT2D eigenvalue weighted by molar-refractivity contribution is 0.114. The fourth-order valence-electron chi connectivity index (χ4n) is 2.83. The highest BCUT2D eigenvalue weighted by molar-refractivity contribution is 9.10. The molecule has 0 amide bonds. The third-order valence-corrected chi connectivity index (χ3v) is 4.60. The molecule has 3 nitrogen and oxygen atoms in total. The number of hydrogen-bond donors (Lipinski definition) is 1. The van der Waals surface area contributed by atoms with Crippen molar-refractivity contribution in [3.63, 3.8) is 0 Å². The van der Waals surface area contributed by atoms with Gasteiger partial charge >= 0.3 is 0 Å². The molecule has 1 aromatic carbocycles. The van der Waals surface area contributed by atoms with Crippen molar-refractivity contribution in [1.29, 1.82) is 0 Å². The third kappa shape index (κ3) is 2.75. The minimum Gasteiger partial charge on any atom is -0.493 e. The summed E-state index contributed by atoms with van der Waals surface area (Å²) < 4.78 is 11.8. The second-order valence-corrected chi connectivity index (χ2v) is 6.72. The molecule has 1 unspecified atom stereocenters. The van der Waals surface area contributed by atoms with Crippen LogP contribution in [0.3, 0.4) is 0 Å². The lowest BCUT2D eigenvalue weighted by atomic mass is 9.84. The second-order valence-electron chi connectivity index (χ2n) is 5.87. The smallest absolute Gasteiger partial charge is 0.166 e. The number of benzene rings is 1. The molecule has 106 valence electrons. The topological polar surface area (TPSA) is 38.7 Å². The van der Waals surface area contributed by atoms with Crippen LogP contribution in [-0.4, -0.2) is 19.3 Å². The maximum absolute atomic E-state index is 10.6. The van der Waals surface area contributed by atoms with Gasteiger partial charge in [0, 0.05) is 10.0 Å². The van der Waals surface area contributed by atoms with Gasteiger partial charge in [0.25, 0.3) is 0 Å². The predicted octanol–water partition coefficient (Wildman–Crippen LogP) is 3.86. The Morgan fingerprint density at radius 1 is 1.32 bits per heavy atom. The summed E-state index contributed by atoms with van der Waals surface area (Å²) in [7, 11) is 3.23. The Hall–Kier alpha value is -0.740. The van der Waals surface area contributed by atoms with Gasteiger partial charge in [-0.05, 0) is 36.3 Å². The molecular formula is C15H21BrO3. The first kappa shape index (κ1) is 14.7. The van der Waals surface area contributed by atoms with Gasteiger partial charge in [0.05, 0.1) is 20.3 Å². The van der Waals surface area contributed by atoms with Crippen molar-refractivity contribution in [2.24, 2.45) is 5.41 Å². The van der Waals surface area contributed by atoms with Crippen molar-refractivity contribution in [2.45, 2.75) is 39.2 Å². The highest BCUT2D eigenvalue weighted by Crippen LogP contribution is 2.48. The normalized spacial score (nSPS) is 21.5. The average Bonchev–Trinajstić information content (AvgIpc) is 2.46. The van der Waals surface area contributed by atoms with Gasteiger partial charge in [-0.15, -0.1) is 0 Å². The minimum atomic E-state index is -0.520. The van der Waals surface area contributed by atoms with Crippen LogP contribution in [0.2, 0.25) is 0 Å². The SMILES string of the molecule is COc1cc(Br)c2c(c1OC)C(O)CC(C)(C)CC2. The highest BCUT2D eigenvalue weighted by atomic mass is 79.9. The van der Waals surface area contributed by atoms with Gasteiger partial charge in [-0.1, -0.05) is 29.8 Å². The number of aliphatic hydroxyl groups is 1. The minimum absolute atomic E-state index is 0.121. The van der Waals surface area contributed by atoms with E-state index in [0.29, 0.717) is 11.5 Å². The van der Waals surface area contributed by atoms with Crippen LogP contribution in [0.15, 0.2) is 10.5 Å². The van der Waals surface area contributed by atoms with Crippen molar-refractivity contribution in [1.82, 2.24) is 0 Å². The molecule has 1 N–H and O–H groups in total. The number of fused-ring (bicyclic) bond motifs is 1. The monoisotopic (exact) mass is 328 g/mol. The van der Waals surface area contributed by atoms with Crippen LogP contribution in [0.4, 0.5) is 0 Å². The Morgan fingerprint density at radius 3 is 2.58 bits per heavy atom. The van der Waals surface area contributed by atoms with Crippen LogP contribution in [0.5, 0.6) is 11.5 Å². The summed E-state index contributed by atoms with van der Waals surface area (Å²) in [6.45, 7) is 4.39. The summed E-state index contributed by atoms with van der Waals surface area (Å²) in [5.74, 6) is 1.32. The maximum atomic E-state index is 10.6. The molecule has 0 aliphatic heterocycles. The van der Waals surface area contributed by atoms with E-state index in [1.165, 1.54) is 0 Å². The molecular weight excluding hydrogens is 308 g/mol. The highest BCUT2D eigenvalue weighted by Gasteiger charge is 2.33. The molecule has 1 aromatic rings. The molecule has 0 bridgehead atoms. The summed E-state index contributed by atoms with van der Waals surface area (Å²) in [6.07, 6.45) is 2.19.